The summed E-state index contributed by atoms with van der Waals surface area (Å²) in [5.74, 6) is -0.387. The van der Waals surface area contributed by atoms with E-state index in [1.807, 2.05) is 36.4 Å². The van der Waals surface area contributed by atoms with Crippen molar-refractivity contribution < 1.29 is 19.1 Å². The minimum absolute atomic E-state index is 0.0123. The van der Waals surface area contributed by atoms with E-state index < -0.39 is 0 Å². The van der Waals surface area contributed by atoms with Gasteiger partial charge in [0, 0.05) is 6.54 Å². The number of esters is 1. The molecular weight excluding hydrogens is 306 g/mol. The highest BCUT2D eigenvalue weighted by Gasteiger charge is 2.32. The van der Waals surface area contributed by atoms with Gasteiger partial charge in [-0.05, 0) is 29.7 Å². The van der Waals surface area contributed by atoms with E-state index in [-0.39, 0.29) is 18.1 Å². The Balaban J connectivity index is 1.74. The first-order chi connectivity index (χ1) is 11.7. The number of hydrogen-bond donors (Lipinski definition) is 0. The standard InChI is InChI=1S/C19H19NO4/c1-23-18(21)16-9-5-8-15(10-16)12-20-17(13-24-19(20)22)11-14-6-3-2-4-7-14/h2-10,17H,11-13H2,1H3/t17-/m1/s1. The fourth-order valence-electron chi connectivity index (χ4n) is 2.85. The molecule has 0 aliphatic carbocycles. The Morgan fingerprint density at radius 2 is 1.92 bits per heavy atom. The first kappa shape index (κ1) is 16.1. The van der Waals surface area contributed by atoms with Gasteiger partial charge >= 0.3 is 12.1 Å². The van der Waals surface area contributed by atoms with Crippen LogP contribution in [0.5, 0.6) is 0 Å². The molecule has 0 bridgehead atoms. The van der Waals surface area contributed by atoms with Crippen LogP contribution < -0.4 is 0 Å². The van der Waals surface area contributed by atoms with E-state index in [1.165, 1.54) is 7.11 Å². The lowest BCUT2D eigenvalue weighted by molar-refractivity contribution is 0.0600. The average Bonchev–Trinajstić information content (AvgIpc) is 2.95. The van der Waals surface area contributed by atoms with Crippen LogP contribution in [-0.2, 0) is 22.4 Å². The minimum atomic E-state index is -0.387. The molecule has 1 heterocycles. The highest BCUT2D eigenvalue weighted by molar-refractivity contribution is 5.89. The molecule has 3 rings (SSSR count). The maximum atomic E-state index is 12.1. The molecule has 0 unspecified atom stereocenters. The summed E-state index contributed by atoms with van der Waals surface area (Å²) < 4.78 is 9.96. The van der Waals surface area contributed by atoms with Crippen molar-refractivity contribution in [1.82, 2.24) is 4.90 Å². The lowest BCUT2D eigenvalue weighted by Gasteiger charge is -2.21. The molecule has 2 aromatic carbocycles. The normalized spacial score (nSPS) is 16.8. The molecule has 2 aromatic rings. The van der Waals surface area contributed by atoms with Gasteiger partial charge in [-0.2, -0.15) is 0 Å². The predicted molar refractivity (Wildman–Crippen MR) is 88.6 cm³/mol. The van der Waals surface area contributed by atoms with Crippen LogP contribution >= 0.6 is 0 Å². The number of benzene rings is 2. The minimum Gasteiger partial charge on any atom is -0.465 e. The quantitative estimate of drug-likeness (QED) is 0.793. The second-order valence-corrected chi connectivity index (χ2v) is 5.74. The zero-order chi connectivity index (χ0) is 16.9. The van der Waals surface area contributed by atoms with Crippen LogP contribution in [0.4, 0.5) is 4.79 Å². The Kier molecular flexibility index (Phi) is 4.79. The van der Waals surface area contributed by atoms with E-state index in [4.69, 9.17) is 9.47 Å². The highest BCUT2D eigenvalue weighted by Crippen LogP contribution is 2.20. The number of carbonyl (C=O) groups excluding carboxylic acids is 2. The third-order valence-electron chi connectivity index (χ3n) is 4.09. The van der Waals surface area contributed by atoms with E-state index >= 15 is 0 Å². The Morgan fingerprint density at radius 3 is 2.67 bits per heavy atom. The molecule has 0 spiro atoms. The lowest BCUT2D eigenvalue weighted by atomic mass is 10.0. The predicted octanol–water partition coefficient (Wildman–Crippen LogP) is 3.04. The summed E-state index contributed by atoms with van der Waals surface area (Å²) in [4.78, 5) is 25.4. The molecule has 1 aliphatic heterocycles. The van der Waals surface area contributed by atoms with E-state index in [0.29, 0.717) is 18.7 Å². The molecule has 1 saturated heterocycles. The van der Waals surface area contributed by atoms with Crippen LogP contribution in [0.25, 0.3) is 0 Å². The van der Waals surface area contributed by atoms with Crippen molar-refractivity contribution in [2.24, 2.45) is 0 Å². The van der Waals surface area contributed by atoms with Gasteiger partial charge in [0.2, 0.25) is 0 Å². The highest BCUT2D eigenvalue weighted by atomic mass is 16.6. The van der Waals surface area contributed by atoms with Crippen molar-refractivity contribution in [3.05, 3.63) is 71.3 Å². The zero-order valence-electron chi connectivity index (χ0n) is 13.5. The first-order valence-corrected chi connectivity index (χ1v) is 7.82. The van der Waals surface area contributed by atoms with E-state index in [0.717, 1.165) is 17.5 Å². The summed E-state index contributed by atoms with van der Waals surface area (Å²) >= 11 is 0. The third kappa shape index (κ3) is 3.56. The number of cyclic esters (lactones) is 1. The first-order valence-electron chi connectivity index (χ1n) is 7.82. The zero-order valence-corrected chi connectivity index (χ0v) is 13.5. The molecular formula is C19H19NO4. The van der Waals surface area contributed by atoms with Gasteiger partial charge < -0.3 is 9.47 Å². The molecule has 0 saturated carbocycles. The molecule has 1 atom stereocenters. The molecule has 0 radical (unpaired) electrons. The third-order valence-corrected chi connectivity index (χ3v) is 4.09. The smallest absolute Gasteiger partial charge is 0.410 e. The van der Waals surface area contributed by atoms with E-state index in [2.05, 4.69) is 0 Å². The molecule has 0 aromatic heterocycles. The summed E-state index contributed by atoms with van der Waals surface area (Å²) in [6, 6.07) is 17.1. The number of rotatable bonds is 5. The fraction of sp³-hybridized carbons (Fsp3) is 0.263. The van der Waals surface area contributed by atoms with Crippen LogP contribution in [0.2, 0.25) is 0 Å². The van der Waals surface area contributed by atoms with Gasteiger partial charge in [-0.1, -0.05) is 42.5 Å². The Morgan fingerprint density at radius 1 is 1.17 bits per heavy atom. The number of ether oxygens (including phenoxy) is 2. The van der Waals surface area contributed by atoms with Crippen LogP contribution in [-0.4, -0.2) is 36.7 Å². The molecule has 1 fully saturated rings. The molecule has 24 heavy (non-hydrogen) atoms. The van der Waals surface area contributed by atoms with Crippen molar-refractivity contribution in [2.45, 2.75) is 19.0 Å². The Hall–Kier alpha value is -2.82. The topological polar surface area (TPSA) is 55.8 Å². The van der Waals surface area contributed by atoms with Crippen LogP contribution in [0.15, 0.2) is 54.6 Å². The van der Waals surface area contributed by atoms with E-state index in [1.54, 1.807) is 23.1 Å². The van der Waals surface area contributed by atoms with Gasteiger partial charge in [0.15, 0.2) is 0 Å². The second kappa shape index (κ2) is 7.17. The van der Waals surface area contributed by atoms with Crippen molar-refractivity contribution in [3.8, 4) is 0 Å². The van der Waals surface area contributed by atoms with Gasteiger partial charge in [0.05, 0.1) is 18.7 Å². The van der Waals surface area contributed by atoms with Gasteiger partial charge in [0.25, 0.3) is 0 Å². The largest absolute Gasteiger partial charge is 0.465 e. The Labute approximate surface area is 140 Å². The molecule has 5 nitrogen and oxygen atoms in total. The average molecular weight is 325 g/mol. The molecule has 0 N–H and O–H groups in total. The molecule has 1 amide bonds. The van der Waals surface area contributed by atoms with Gasteiger partial charge in [-0.15, -0.1) is 0 Å². The summed E-state index contributed by atoms with van der Waals surface area (Å²) in [5.41, 5.74) is 2.51. The van der Waals surface area contributed by atoms with Crippen LogP contribution in [0.3, 0.4) is 0 Å². The summed E-state index contributed by atoms with van der Waals surface area (Å²) in [7, 11) is 1.35. The number of nitrogens with zero attached hydrogens (tertiary/aromatic N) is 1. The molecule has 1 aliphatic rings. The van der Waals surface area contributed by atoms with Crippen molar-refractivity contribution in [1.29, 1.82) is 0 Å². The fourth-order valence-corrected chi connectivity index (χ4v) is 2.85. The molecule has 5 heteroatoms. The second-order valence-electron chi connectivity index (χ2n) is 5.74. The van der Waals surface area contributed by atoms with E-state index in [9.17, 15) is 9.59 Å². The van der Waals surface area contributed by atoms with Gasteiger partial charge in [0.1, 0.15) is 6.61 Å². The number of amides is 1. The number of hydrogen-bond acceptors (Lipinski definition) is 4. The van der Waals surface area contributed by atoms with Gasteiger partial charge in [-0.25, -0.2) is 9.59 Å². The SMILES string of the molecule is COC(=O)c1cccc(CN2C(=O)OC[C@H]2Cc2ccccc2)c1. The summed E-state index contributed by atoms with van der Waals surface area (Å²) in [6.45, 7) is 0.783. The Bertz CT molecular complexity index is 729. The van der Waals surface area contributed by atoms with Gasteiger partial charge in [-0.3, -0.25) is 4.90 Å². The maximum Gasteiger partial charge on any atom is 0.410 e. The van der Waals surface area contributed by atoms with Crippen molar-refractivity contribution >= 4 is 12.1 Å². The van der Waals surface area contributed by atoms with Crippen LogP contribution in [0, 0.1) is 0 Å². The van der Waals surface area contributed by atoms with Crippen molar-refractivity contribution in [3.63, 3.8) is 0 Å². The molecule has 124 valence electrons. The lowest BCUT2D eigenvalue weighted by Crippen LogP contribution is -2.34. The van der Waals surface area contributed by atoms with Crippen molar-refractivity contribution in [2.75, 3.05) is 13.7 Å². The maximum absolute atomic E-state index is 12.1. The van der Waals surface area contributed by atoms with Crippen LogP contribution in [0.1, 0.15) is 21.5 Å². The number of methoxy groups -OCH3 is 1. The summed E-state index contributed by atoms with van der Waals surface area (Å²) in [6.07, 6.45) is 0.419. The summed E-state index contributed by atoms with van der Waals surface area (Å²) in [5, 5.41) is 0. The number of carbonyl (C=O) groups is 2. The monoisotopic (exact) mass is 325 g/mol.